The van der Waals surface area contributed by atoms with Crippen LogP contribution in [0.3, 0.4) is 0 Å². The molecule has 0 fully saturated rings. The Labute approximate surface area is 157 Å². The number of hydrazone groups is 1. The number of aromatic nitrogens is 5. The molecular formula is C16H14N8O4. The molecule has 0 radical (unpaired) electrons. The number of carbonyl (C=O) groups excluding carboxylic acids is 1. The minimum atomic E-state index is -0.654. The molecule has 0 unspecified atom stereocenters. The number of amides is 1. The number of aromatic amines is 1. The van der Waals surface area contributed by atoms with Gasteiger partial charge in [-0.3, -0.25) is 24.7 Å². The van der Waals surface area contributed by atoms with Gasteiger partial charge < -0.3 is 0 Å². The Kier molecular flexibility index (Phi) is 5.02. The Morgan fingerprint density at radius 1 is 1.32 bits per heavy atom. The second-order valence-corrected chi connectivity index (χ2v) is 5.66. The van der Waals surface area contributed by atoms with Crippen LogP contribution in [0.25, 0.3) is 5.95 Å². The highest BCUT2D eigenvalue weighted by atomic mass is 16.6. The van der Waals surface area contributed by atoms with Crippen LogP contribution >= 0.6 is 0 Å². The van der Waals surface area contributed by atoms with E-state index in [0.717, 1.165) is 10.9 Å². The van der Waals surface area contributed by atoms with Gasteiger partial charge in [0.2, 0.25) is 0 Å². The topological polar surface area (TPSA) is 161 Å². The number of nitro groups is 1. The molecule has 0 aliphatic heterocycles. The number of para-hydroxylation sites is 1. The van der Waals surface area contributed by atoms with E-state index in [-0.39, 0.29) is 28.6 Å². The Bertz CT molecular complexity index is 1150. The van der Waals surface area contributed by atoms with E-state index < -0.39 is 16.4 Å². The summed E-state index contributed by atoms with van der Waals surface area (Å²) >= 11 is 0. The van der Waals surface area contributed by atoms with Gasteiger partial charge in [-0.05, 0) is 26.0 Å². The van der Waals surface area contributed by atoms with E-state index in [2.05, 4.69) is 30.8 Å². The monoisotopic (exact) mass is 382 g/mol. The molecule has 0 saturated heterocycles. The number of benzene rings is 1. The van der Waals surface area contributed by atoms with Gasteiger partial charge >= 0.3 is 0 Å². The van der Waals surface area contributed by atoms with Crippen molar-refractivity contribution in [1.82, 2.24) is 30.4 Å². The molecule has 0 atom stereocenters. The zero-order chi connectivity index (χ0) is 20.3. The van der Waals surface area contributed by atoms with Crippen molar-refractivity contribution in [3.8, 4) is 5.95 Å². The molecule has 3 aromatic rings. The summed E-state index contributed by atoms with van der Waals surface area (Å²) in [6, 6.07) is 7.43. The average molecular weight is 382 g/mol. The third-order valence-corrected chi connectivity index (χ3v) is 3.62. The molecule has 0 aliphatic rings. The average Bonchev–Trinajstić information content (AvgIpc) is 3.06. The summed E-state index contributed by atoms with van der Waals surface area (Å²) in [4.78, 5) is 37.1. The smallest absolute Gasteiger partial charge is 0.288 e. The molecule has 2 aromatic heterocycles. The molecular weight excluding hydrogens is 368 g/mol. The van der Waals surface area contributed by atoms with Crippen molar-refractivity contribution < 1.29 is 9.72 Å². The van der Waals surface area contributed by atoms with Crippen molar-refractivity contribution in [2.45, 2.75) is 13.8 Å². The van der Waals surface area contributed by atoms with E-state index in [0.29, 0.717) is 5.69 Å². The van der Waals surface area contributed by atoms with Crippen molar-refractivity contribution >= 4 is 17.8 Å². The molecule has 0 aliphatic carbocycles. The maximum atomic E-state index is 12.5. The minimum Gasteiger partial charge on any atom is -0.288 e. The molecule has 2 N–H and O–H groups in total. The summed E-state index contributed by atoms with van der Waals surface area (Å²) in [6.07, 6.45) is 1.16. The third kappa shape index (κ3) is 3.80. The Morgan fingerprint density at radius 2 is 2.07 bits per heavy atom. The molecule has 12 nitrogen and oxygen atoms in total. The van der Waals surface area contributed by atoms with Gasteiger partial charge in [0.25, 0.3) is 23.1 Å². The molecule has 0 saturated carbocycles. The highest BCUT2D eigenvalue weighted by molar-refractivity contribution is 5.94. The maximum absolute atomic E-state index is 12.5. The van der Waals surface area contributed by atoms with Gasteiger partial charge in [0.05, 0.1) is 22.4 Å². The van der Waals surface area contributed by atoms with Crippen LogP contribution in [-0.4, -0.2) is 42.0 Å². The van der Waals surface area contributed by atoms with Crippen molar-refractivity contribution in [1.29, 1.82) is 0 Å². The predicted octanol–water partition coefficient (Wildman–Crippen LogP) is 0.640. The number of nitrogens with one attached hydrogen (secondary N) is 2. The fourth-order valence-corrected chi connectivity index (χ4v) is 2.28. The summed E-state index contributed by atoms with van der Waals surface area (Å²) < 4.78 is 1.12. The zero-order valence-electron chi connectivity index (χ0n) is 14.8. The van der Waals surface area contributed by atoms with Crippen molar-refractivity contribution in [3.63, 3.8) is 0 Å². The summed E-state index contributed by atoms with van der Waals surface area (Å²) in [7, 11) is 0. The van der Waals surface area contributed by atoms with Crippen LogP contribution in [0, 0.1) is 24.0 Å². The molecule has 0 bridgehead atoms. The van der Waals surface area contributed by atoms with Crippen molar-refractivity contribution in [2.24, 2.45) is 5.10 Å². The van der Waals surface area contributed by atoms with Crippen LogP contribution in [0.15, 0.2) is 40.2 Å². The normalized spacial score (nSPS) is 10.9. The fourth-order valence-electron chi connectivity index (χ4n) is 2.28. The molecule has 1 amide bonds. The van der Waals surface area contributed by atoms with E-state index in [4.69, 9.17) is 0 Å². The van der Waals surface area contributed by atoms with Crippen molar-refractivity contribution in [3.05, 3.63) is 73.4 Å². The van der Waals surface area contributed by atoms with Gasteiger partial charge in [-0.2, -0.15) is 14.9 Å². The number of hydrogen-bond donors (Lipinski definition) is 2. The first-order chi connectivity index (χ1) is 13.4. The minimum absolute atomic E-state index is 0.0310. The molecule has 12 heteroatoms. The maximum Gasteiger partial charge on any atom is 0.290 e. The Balaban J connectivity index is 1.85. The van der Waals surface area contributed by atoms with Crippen molar-refractivity contribution in [2.75, 3.05) is 0 Å². The third-order valence-electron chi connectivity index (χ3n) is 3.62. The first-order valence-corrected chi connectivity index (χ1v) is 7.94. The highest BCUT2D eigenvalue weighted by Crippen LogP contribution is 2.15. The number of nitrogens with zero attached hydrogens (tertiary/aromatic N) is 6. The van der Waals surface area contributed by atoms with Gasteiger partial charge in [0.15, 0.2) is 0 Å². The lowest BCUT2D eigenvalue weighted by Crippen LogP contribution is -2.24. The lowest BCUT2D eigenvalue weighted by molar-refractivity contribution is -0.385. The highest BCUT2D eigenvalue weighted by Gasteiger charge is 2.17. The SMILES string of the molecule is Cc1cc(C(=O)N/N=C\c2ccccc2[N+](=O)[O-])n(-c2nnc(C)c(=O)[nH]2)n1. The van der Waals surface area contributed by atoms with Gasteiger partial charge in [0.1, 0.15) is 11.4 Å². The zero-order valence-corrected chi connectivity index (χ0v) is 14.8. The first kappa shape index (κ1) is 18.6. The van der Waals surface area contributed by atoms with Crippen LogP contribution in [0.2, 0.25) is 0 Å². The molecule has 1 aromatic carbocycles. The Morgan fingerprint density at radius 3 is 2.79 bits per heavy atom. The molecule has 3 rings (SSSR count). The van der Waals surface area contributed by atoms with Gasteiger partial charge in [0, 0.05) is 6.07 Å². The number of rotatable bonds is 5. The molecule has 142 valence electrons. The Hall–Kier alpha value is -4.22. The predicted molar refractivity (Wildman–Crippen MR) is 97.4 cm³/mol. The van der Waals surface area contributed by atoms with E-state index in [1.165, 1.54) is 31.2 Å². The largest absolute Gasteiger partial charge is 0.290 e. The molecule has 0 spiro atoms. The first-order valence-electron chi connectivity index (χ1n) is 7.94. The second kappa shape index (κ2) is 7.57. The quantitative estimate of drug-likeness (QED) is 0.372. The second-order valence-electron chi connectivity index (χ2n) is 5.66. The van der Waals surface area contributed by atoms with Gasteiger partial charge in [-0.25, -0.2) is 5.43 Å². The van der Waals surface area contributed by atoms with Gasteiger partial charge in [-0.1, -0.05) is 12.1 Å². The summed E-state index contributed by atoms with van der Waals surface area (Å²) in [5, 5.41) is 26.4. The number of aryl methyl sites for hydroxylation is 2. The number of carbonyl (C=O) groups is 1. The lowest BCUT2D eigenvalue weighted by atomic mass is 10.2. The van der Waals surface area contributed by atoms with E-state index in [1.807, 2.05) is 0 Å². The van der Waals surface area contributed by atoms with Crippen LogP contribution in [-0.2, 0) is 0 Å². The fraction of sp³-hybridized carbons (Fsp3) is 0.125. The lowest BCUT2D eigenvalue weighted by Gasteiger charge is -2.04. The summed E-state index contributed by atoms with van der Waals surface area (Å²) in [5.41, 5.74) is 2.61. The summed E-state index contributed by atoms with van der Waals surface area (Å²) in [5.74, 6) is -0.685. The number of hydrogen-bond acceptors (Lipinski definition) is 8. The van der Waals surface area contributed by atoms with Crippen LogP contribution in [0.4, 0.5) is 5.69 Å². The van der Waals surface area contributed by atoms with Gasteiger partial charge in [-0.15, -0.1) is 10.2 Å². The standard InChI is InChI=1S/C16H14N8O4/c1-9-7-13(23(22-9)16-18-14(25)10(2)19-21-16)15(26)20-17-8-11-5-3-4-6-12(11)24(27)28/h3-8H,1-2H3,(H,20,26)(H,18,21,25)/b17-8-. The molecule has 28 heavy (non-hydrogen) atoms. The van der Waals surface area contributed by atoms with E-state index in [9.17, 15) is 19.7 Å². The molecule has 2 heterocycles. The number of nitro benzene ring substituents is 1. The summed E-state index contributed by atoms with van der Waals surface area (Å²) in [6.45, 7) is 3.15. The van der Waals surface area contributed by atoms with Crippen LogP contribution in [0.5, 0.6) is 0 Å². The van der Waals surface area contributed by atoms with Crippen LogP contribution < -0.4 is 11.0 Å². The van der Waals surface area contributed by atoms with Crippen LogP contribution in [0.1, 0.15) is 27.4 Å². The van der Waals surface area contributed by atoms with E-state index >= 15 is 0 Å². The number of H-pyrrole nitrogens is 1. The van der Waals surface area contributed by atoms with E-state index in [1.54, 1.807) is 13.0 Å².